The minimum atomic E-state index is -0.413. The highest BCUT2D eigenvalue weighted by atomic mass is 19.1. The number of benzene rings is 2. The quantitative estimate of drug-likeness (QED) is 0.852. The zero-order valence-electron chi connectivity index (χ0n) is 12.2. The summed E-state index contributed by atoms with van der Waals surface area (Å²) in [5, 5.41) is 0. The van der Waals surface area contributed by atoms with E-state index in [2.05, 4.69) is 10.9 Å². The van der Waals surface area contributed by atoms with E-state index in [-0.39, 0.29) is 6.42 Å². The number of aryl methyl sites for hydroxylation is 1. The summed E-state index contributed by atoms with van der Waals surface area (Å²) in [6.45, 7) is 2.03. The van der Waals surface area contributed by atoms with E-state index in [9.17, 15) is 14.0 Å². The van der Waals surface area contributed by atoms with Gasteiger partial charge in [-0.1, -0.05) is 31.2 Å². The van der Waals surface area contributed by atoms with Crippen LogP contribution in [-0.2, 0) is 17.6 Å². The highest BCUT2D eigenvalue weighted by Crippen LogP contribution is 2.05. The number of amides is 2. The molecule has 2 aromatic rings. The fourth-order valence-electron chi connectivity index (χ4n) is 1.97. The van der Waals surface area contributed by atoms with Crippen LogP contribution < -0.4 is 10.9 Å². The van der Waals surface area contributed by atoms with Gasteiger partial charge in [-0.05, 0) is 41.8 Å². The third-order valence-corrected chi connectivity index (χ3v) is 3.19. The number of nitrogens with one attached hydrogen (secondary N) is 2. The van der Waals surface area contributed by atoms with Crippen molar-refractivity contribution >= 4 is 11.8 Å². The molecule has 0 aliphatic rings. The van der Waals surface area contributed by atoms with Crippen LogP contribution in [0.5, 0.6) is 0 Å². The lowest BCUT2D eigenvalue weighted by Crippen LogP contribution is -2.42. The lowest BCUT2D eigenvalue weighted by atomic mass is 10.1. The van der Waals surface area contributed by atoms with Crippen LogP contribution >= 0.6 is 0 Å². The van der Waals surface area contributed by atoms with Crippen LogP contribution in [0.2, 0.25) is 0 Å². The summed E-state index contributed by atoms with van der Waals surface area (Å²) in [6, 6.07) is 12.9. The molecule has 2 rings (SSSR count). The molecule has 0 aromatic heterocycles. The van der Waals surface area contributed by atoms with Crippen molar-refractivity contribution in [3.05, 3.63) is 71.0 Å². The minimum absolute atomic E-state index is 0.00713. The van der Waals surface area contributed by atoms with Gasteiger partial charge in [-0.3, -0.25) is 20.4 Å². The molecule has 0 saturated carbocycles. The van der Waals surface area contributed by atoms with Crippen molar-refractivity contribution in [1.82, 2.24) is 10.9 Å². The van der Waals surface area contributed by atoms with Crippen LogP contribution in [0.4, 0.5) is 4.39 Å². The van der Waals surface area contributed by atoms with E-state index in [0.717, 1.165) is 12.0 Å². The largest absolute Gasteiger partial charge is 0.273 e. The van der Waals surface area contributed by atoms with Gasteiger partial charge >= 0.3 is 0 Å². The summed E-state index contributed by atoms with van der Waals surface area (Å²) in [7, 11) is 0. The van der Waals surface area contributed by atoms with Crippen LogP contribution in [0, 0.1) is 5.82 Å². The molecule has 0 fully saturated rings. The van der Waals surface area contributed by atoms with Gasteiger partial charge in [0.05, 0.1) is 6.42 Å². The molecule has 2 N–H and O–H groups in total. The molecular formula is C17H17FN2O2. The standard InChI is InChI=1S/C17H17FN2O2/c1-2-12-6-8-14(9-7-12)17(22)20-19-16(21)11-13-4-3-5-15(18)10-13/h3-10H,2,11H2,1H3,(H,19,21)(H,20,22). The summed E-state index contributed by atoms with van der Waals surface area (Å²) in [5.41, 5.74) is 6.79. The Labute approximate surface area is 128 Å². The zero-order valence-corrected chi connectivity index (χ0v) is 12.2. The molecule has 0 unspecified atom stereocenters. The van der Waals surface area contributed by atoms with Crippen LogP contribution in [-0.4, -0.2) is 11.8 Å². The normalized spacial score (nSPS) is 10.1. The average Bonchev–Trinajstić information content (AvgIpc) is 2.52. The predicted octanol–water partition coefficient (Wildman–Crippen LogP) is 2.39. The van der Waals surface area contributed by atoms with Gasteiger partial charge < -0.3 is 0 Å². The van der Waals surface area contributed by atoms with Crippen LogP contribution in [0.15, 0.2) is 48.5 Å². The molecule has 22 heavy (non-hydrogen) atoms. The Morgan fingerprint density at radius 3 is 2.36 bits per heavy atom. The molecule has 0 spiro atoms. The highest BCUT2D eigenvalue weighted by molar-refractivity contribution is 5.95. The van der Waals surface area contributed by atoms with Gasteiger partial charge in [0.1, 0.15) is 5.82 Å². The van der Waals surface area contributed by atoms with E-state index in [0.29, 0.717) is 11.1 Å². The van der Waals surface area contributed by atoms with Gasteiger partial charge in [0.15, 0.2) is 0 Å². The molecular weight excluding hydrogens is 283 g/mol. The number of carbonyl (C=O) groups is 2. The maximum absolute atomic E-state index is 13.0. The molecule has 0 aliphatic carbocycles. The summed E-state index contributed by atoms with van der Waals surface area (Å²) < 4.78 is 13.0. The topological polar surface area (TPSA) is 58.2 Å². The highest BCUT2D eigenvalue weighted by Gasteiger charge is 2.08. The number of halogens is 1. The molecule has 2 aromatic carbocycles. The van der Waals surface area contributed by atoms with Gasteiger partial charge in [-0.2, -0.15) is 0 Å². The first-order valence-electron chi connectivity index (χ1n) is 7.01. The Morgan fingerprint density at radius 1 is 1.00 bits per heavy atom. The smallest absolute Gasteiger partial charge is 0.269 e. The summed E-state index contributed by atoms with van der Waals surface area (Å²) >= 11 is 0. The number of carbonyl (C=O) groups excluding carboxylic acids is 2. The molecule has 0 saturated heterocycles. The Balaban J connectivity index is 1.86. The van der Waals surface area contributed by atoms with E-state index in [4.69, 9.17) is 0 Å². The van der Waals surface area contributed by atoms with Gasteiger partial charge in [0, 0.05) is 5.56 Å². The van der Waals surface area contributed by atoms with Crippen molar-refractivity contribution in [2.24, 2.45) is 0 Å². The van der Waals surface area contributed by atoms with Crippen molar-refractivity contribution < 1.29 is 14.0 Å². The van der Waals surface area contributed by atoms with Gasteiger partial charge in [-0.25, -0.2) is 4.39 Å². The molecule has 0 heterocycles. The summed E-state index contributed by atoms with van der Waals surface area (Å²) in [5.74, 6) is -1.20. The second-order valence-corrected chi connectivity index (χ2v) is 4.86. The predicted molar refractivity (Wildman–Crippen MR) is 81.5 cm³/mol. The molecule has 0 atom stereocenters. The van der Waals surface area contributed by atoms with Crippen molar-refractivity contribution in [2.75, 3.05) is 0 Å². The van der Waals surface area contributed by atoms with E-state index in [1.807, 2.05) is 19.1 Å². The fraction of sp³-hybridized carbons (Fsp3) is 0.176. The lowest BCUT2D eigenvalue weighted by molar-refractivity contribution is -0.121. The third kappa shape index (κ3) is 4.41. The number of hydrogen-bond acceptors (Lipinski definition) is 2. The monoisotopic (exact) mass is 300 g/mol. The minimum Gasteiger partial charge on any atom is -0.273 e. The fourth-order valence-corrected chi connectivity index (χ4v) is 1.97. The molecule has 0 bridgehead atoms. The second kappa shape index (κ2) is 7.36. The van der Waals surface area contributed by atoms with E-state index in [1.165, 1.54) is 18.2 Å². The average molecular weight is 300 g/mol. The molecule has 5 heteroatoms. The Hall–Kier alpha value is -2.69. The van der Waals surface area contributed by atoms with E-state index in [1.54, 1.807) is 18.2 Å². The number of rotatable bonds is 4. The van der Waals surface area contributed by atoms with E-state index < -0.39 is 17.6 Å². The zero-order chi connectivity index (χ0) is 15.9. The molecule has 2 amide bonds. The maximum atomic E-state index is 13.0. The molecule has 0 radical (unpaired) electrons. The van der Waals surface area contributed by atoms with Gasteiger partial charge in [-0.15, -0.1) is 0 Å². The first-order chi connectivity index (χ1) is 10.6. The first-order valence-corrected chi connectivity index (χ1v) is 7.01. The summed E-state index contributed by atoms with van der Waals surface area (Å²) in [4.78, 5) is 23.6. The Morgan fingerprint density at radius 2 is 1.73 bits per heavy atom. The van der Waals surface area contributed by atoms with Crippen LogP contribution in [0.25, 0.3) is 0 Å². The van der Waals surface area contributed by atoms with Crippen molar-refractivity contribution in [2.45, 2.75) is 19.8 Å². The molecule has 114 valence electrons. The second-order valence-electron chi connectivity index (χ2n) is 4.86. The molecule has 4 nitrogen and oxygen atoms in total. The molecule has 0 aliphatic heterocycles. The third-order valence-electron chi connectivity index (χ3n) is 3.19. The number of hydrogen-bond donors (Lipinski definition) is 2. The maximum Gasteiger partial charge on any atom is 0.269 e. The Kier molecular flexibility index (Phi) is 5.25. The summed E-state index contributed by atoms with van der Waals surface area (Å²) in [6.07, 6.45) is 0.888. The number of hydrazine groups is 1. The lowest BCUT2D eigenvalue weighted by Gasteiger charge is -2.08. The van der Waals surface area contributed by atoms with Crippen molar-refractivity contribution in [3.63, 3.8) is 0 Å². The van der Waals surface area contributed by atoms with Crippen LogP contribution in [0.3, 0.4) is 0 Å². The van der Waals surface area contributed by atoms with Gasteiger partial charge in [0.25, 0.3) is 5.91 Å². The van der Waals surface area contributed by atoms with Crippen molar-refractivity contribution in [1.29, 1.82) is 0 Å². The van der Waals surface area contributed by atoms with Crippen LogP contribution in [0.1, 0.15) is 28.4 Å². The van der Waals surface area contributed by atoms with E-state index >= 15 is 0 Å². The Bertz CT molecular complexity index is 669. The SMILES string of the molecule is CCc1ccc(C(=O)NNC(=O)Cc2cccc(F)c2)cc1. The van der Waals surface area contributed by atoms with Gasteiger partial charge in [0.2, 0.25) is 5.91 Å². The first kappa shape index (κ1) is 15.7. The van der Waals surface area contributed by atoms with Crippen molar-refractivity contribution in [3.8, 4) is 0 Å².